The summed E-state index contributed by atoms with van der Waals surface area (Å²) in [6.07, 6.45) is 12.1. The zero-order chi connectivity index (χ0) is 20.2. The molecule has 1 amide bonds. The minimum Gasteiger partial charge on any atom is -0.462 e. The lowest BCUT2D eigenvalue weighted by atomic mass is 9.48. The molecule has 0 aromatic carbocycles. The highest BCUT2D eigenvalue weighted by Crippen LogP contribution is 2.65. The monoisotopic (exact) mass is 479 g/mol. The van der Waals surface area contributed by atoms with Crippen molar-refractivity contribution in [3.63, 3.8) is 0 Å². The van der Waals surface area contributed by atoms with Crippen LogP contribution in [-0.4, -0.2) is 22.8 Å². The number of fused-ring (bicyclic) bond motifs is 1. The third kappa shape index (κ3) is 3.69. The highest BCUT2D eigenvalue weighted by atomic mass is 79.9. The Bertz CT molecular complexity index is 833. The molecule has 6 rings (SSSR count). The molecule has 0 saturated heterocycles. The van der Waals surface area contributed by atoms with E-state index in [2.05, 4.69) is 21.2 Å². The van der Waals surface area contributed by atoms with Gasteiger partial charge in [-0.1, -0.05) is 15.9 Å². The van der Waals surface area contributed by atoms with Crippen LogP contribution in [0.3, 0.4) is 0 Å². The van der Waals surface area contributed by atoms with Crippen LogP contribution in [0, 0.1) is 17.3 Å². The molecular formula is C23H30BrNO3S. The molecule has 1 aromatic rings. The van der Waals surface area contributed by atoms with E-state index in [1.807, 2.05) is 6.92 Å². The fourth-order valence-corrected chi connectivity index (χ4v) is 9.93. The maximum Gasteiger partial charge on any atom is 0.341 e. The van der Waals surface area contributed by atoms with E-state index in [0.29, 0.717) is 18.6 Å². The number of nitrogens with one attached hydrogen (secondary N) is 1. The van der Waals surface area contributed by atoms with Crippen LogP contribution in [0.2, 0.25) is 0 Å². The van der Waals surface area contributed by atoms with Crippen molar-refractivity contribution in [3.8, 4) is 0 Å². The number of esters is 1. The van der Waals surface area contributed by atoms with Crippen molar-refractivity contribution < 1.29 is 14.3 Å². The van der Waals surface area contributed by atoms with Gasteiger partial charge in [0.1, 0.15) is 5.00 Å². The topological polar surface area (TPSA) is 55.4 Å². The summed E-state index contributed by atoms with van der Waals surface area (Å²) in [5, 5.41) is 3.88. The summed E-state index contributed by atoms with van der Waals surface area (Å²) in [5.41, 5.74) is 1.88. The average molecular weight is 480 g/mol. The van der Waals surface area contributed by atoms with Crippen LogP contribution in [0.25, 0.3) is 0 Å². The number of carbonyl (C=O) groups is 2. The molecule has 4 saturated carbocycles. The first-order valence-electron chi connectivity index (χ1n) is 11.2. The van der Waals surface area contributed by atoms with Gasteiger partial charge in [-0.25, -0.2) is 4.79 Å². The summed E-state index contributed by atoms with van der Waals surface area (Å²) in [6, 6.07) is 0. The Balaban J connectivity index is 1.36. The lowest BCUT2D eigenvalue weighted by Gasteiger charge is -2.60. The van der Waals surface area contributed by atoms with Crippen molar-refractivity contribution in [1.82, 2.24) is 0 Å². The SMILES string of the molecule is CCOC(=O)c1c(NC(=O)CC23C[C@@H]4C[C@@H](CC(Br)(C4)C2)C3)sc2c1CCCC2. The van der Waals surface area contributed by atoms with E-state index in [1.54, 1.807) is 11.3 Å². The lowest BCUT2D eigenvalue weighted by molar-refractivity contribution is -0.123. The number of rotatable bonds is 5. The molecule has 1 aromatic heterocycles. The zero-order valence-electron chi connectivity index (χ0n) is 17.2. The van der Waals surface area contributed by atoms with Gasteiger partial charge in [0.15, 0.2) is 0 Å². The molecular weight excluding hydrogens is 450 g/mol. The van der Waals surface area contributed by atoms with E-state index >= 15 is 0 Å². The van der Waals surface area contributed by atoms with Crippen molar-refractivity contribution in [2.75, 3.05) is 11.9 Å². The molecule has 4 nitrogen and oxygen atoms in total. The lowest BCUT2D eigenvalue weighted by Crippen LogP contribution is -2.53. The van der Waals surface area contributed by atoms with Crippen molar-refractivity contribution in [2.24, 2.45) is 17.3 Å². The van der Waals surface area contributed by atoms with Gasteiger partial charge in [0.05, 0.1) is 12.2 Å². The summed E-state index contributed by atoms with van der Waals surface area (Å²) >= 11 is 5.64. The number of aryl methyl sites for hydroxylation is 1. The fourth-order valence-electron chi connectivity index (χ4n) is 7.13. The Labute approximate surface area is 185 Å². The normalized spacial score (nSPS) is 34.7. The Kier molecular flexibility index (Phi) is 5.09. The molecule has 4 atom stereocenters. The molecule has 1 N–H and O–H groups in total. The minimum absolute atomic E-state index is 0.0761. The van der Waals surface area contributed by atoms with Gasteiger partial charge in [-0.15, -0.1) is 11.3 Å². The van der Waals surface area contributed by atoms with Crippen LogP contribution in [-0.2, 0) is 22.4 Å². The van der Waals surface area contributed by atoms with Gasteiger partial charge in [-0.05, 0) is 93.9 Å². The second-order valence-electron chi connectivity index (χ2n) is 9.97. The standard InChI is InChI=1S/C23H30BrNO3S/c1-2-28-21(27)19-16-5-3-4-6-17(16)29-20(19)25-18(26)12-22-8-14-7-15(9-22)11-23(24,10-14)13-22/h14-15H,2-13H2,1H3,(H,25,26)/t14-,15+,22?,23?. The van der Waals surface area contributed by atoms with Gasteiger partial charge in [-0.2, -0.15) is 0 Å². The molecule has 29 heavy (non-hydrogen) atoms. The number of ether oxygens (including phenoxy) is 1. The molecule has 5 aliphatic carbocycles. The van der Waals surface area contributed by atoms with Crippen molar-refractivity contribution in [1.29, 1.82) is 0 Å². The Morgan fingerprint density at radius 3 is 2.59 bits per heavy atom. The van der Waals surface area contributed by atoms with Gasteiger partial charge < -0.3 is 10.1 Å². The van der Waals surface area contributed by atoms with E-state index < -0.39 is 0 Å². The molecule has 0 radical (unpaired) electrons. The summed E-state index contributed by atoms with van der Waals surface area (Å²) in [6.45, 7) is 2.19. The molecule has 0 aliphatic heterocycles. The van der Waals surface area contributed by atoms with Gasteiger partial charge in [0.25, 0.3) is 0 Å². The van der Waals surface area contributed by atoms with Crippen LogP contribution in [0.15, 0.2) is 0 Å². The third-order valence-electron chi connectivity index (χ3n) is 7.55. The predicted molar refractivity (Wildman–Crippen MR) is 119 cm³/mol. The highest BCUT2D eigenvalue weighted by molar-refractivity contribution is 9.10. The first-order chi connectivity index (χ1) is 13.9. The maximum absolute atomic E-state index is 13.2. The average Bonchev–Trinajstić information content (AvgIpc) is 2.96. The number of halogens is 1. The Morgan fingerprint density at radius 2 is 1.90 bits per heavy atom. The van der Waals surface area contributed by atoms with Gasteiger partial charge >= 0.3 is 5.97 Å². The summed E-state index contributed by atoms with van der Waals surface area (Å²) in [5.74, 6) is 1.34. The van der Waals surface area contributed by atoms with Gasteiger partial charge in [-0.3, -0.25) is 4.79 Å². The van der Waals surface area contributed by atoms with E-state index in [9.17, 15) is 9.59 Å². The quantitative estimate of drug-likeness (QED) is 0.424. The smallest absolute Gasteiger partial charge is 0.341 e. The Morgan fingerprint density at radius 1 is 1.17 bits per heavy atom. The highest BCUT2D eigenvalue weighted by Gasteiger charge is 2.57. The first-order valence-corrected chi connectivity index (χ1v) is 12.8. The van der Waals surface area contributed by atoms with E-state index in [-0.39, 0.29) is 21.6 Å². The molecule has 0 spiro atoms. The molecule has 5 aliphatic rings. The van der Waals surface area contributed by atoms with Crippen molar-refractivity contribution in [3.05, 3.63) is 16.0 Å². The van der Waals surface area contributed by atoms with E-state index in [4.69, 9.17) is 4.74 Å². The van der Waals surface area contributed by atoms with E-state index in [0.717, 1.165) is 54.5 Å². The maximum atomic E-state index is 13.2. The molecule has 158 valence electrons. The number of hydrogen-bond donors (Lipinski definition) is 1. The van der Waals surface area contributed by atoms with Gasteiger partial charge in [0, 0.05) is 15.6 Å². The predicted octanol–water partition coefficient (Wildman–Crippen LogP) is 5.87. The van der Waals surface area contributed by atoms with Crippen LogP contribution in [0.4, 0.5) is 5.00 Å². The number of alkyl halides is 1. The Hall–Kier alpha value is -0.880. The number of carbonyl (C=O) groups excluding carboxylic acids is 2. The molecule has 4 bridgehead atoms. The van der Waals surface area contributed by atoms with Crippen LogP contribution >= 0.6 is 27.3 Å². The summed E-state index contributed by atoms with van der Waals surface area (Å²) < 4.78 is 5.59. The molecule has 4 fully saturated rings. The summed E-state index contributed by atoms with van der Waals surface area (Å²) in [4.78, 5) is 27.1. The second kappa shape index (κ2) is 7.37. The zero-order valence-corrected chi connectivity index (χ0v) is 19.6. The van der Waals surface area contributed by atoms with Crippen molar-refractivity contribution in [2.45, 2.75) is 81.9 Å². The fraction of sp³-hybridized carbons (Fsp3) is 0.739. The minimum atomic E-state index is -0.281. The number of anilines is 1. The molecule has 2 unspecified atom stereocenters. The molecule has 6 heteroatoms. The number of thiophene rings is 1. The van der Waals surface area contributed by atoms with Gasteiger partial charge in [0.2, 0.25) is 5.91 Å². The number of amides is 1. The third-order valence-corrected chi connectivity index (χ3v) is 9.69. The molecule has 1 heterocycles. The van der Waals surface area contributed by atoms with Crippen molar-refractivity contribution >= 4 is 44.1 Å². The largest absolute Gasteiger partial charge is 0.462 e. The van der Waals surface area contributed by atoms with E-state index in [1.165, 1.54) is 37.0 Å². The van der Waals surface area contributed by atoms with Crippen LogP contribution in [0.5, 0.6) is 0 Å². The van der Waals surface area contributed by atoms with Crippen LogP contribution in [0.1, 0.15) is 85.5 Å². The summed E-state index contributed by atoms with van der Waals surface area (Å²) in [7, 11) is 0. The second-order valence-corrected chi connectivity index (χ2v) is 12.8. The first kappa shape index (κ1) is 20.0. The van der Waals surface area contributed by atoms with Crippen LogP contribution < -0.4 is 5.32 Å². The number of hydrogen-bond acceptors (Lipinski definition) is 4.